The van der Waals surface area contributed by atoms with Crippen LogP contribution < -0.4 is 5.73 Å². The second-order valence-corrected chi connectivity index (χ2v) is 5.57. The van der Waals surface area contributed by atoms with E-state index < -0.39 is 12.1 Å². The molecule has 1 aromatic heterocycles. The van der Waals surface area contributed by atoms with Gasteiger partial charge in [0.2, 0.25) is 11.9 Å². The smallest absolute Gasteiger partial charge is 0.303 e. The maximum atomic E-state index is 12.0. The number of carbonyl (C=O) groups excluding carboxylic acids is 1. The first-order chi connectivity index (χ1) is 10.9. The average molecular weight is 323 g/mol. The fraction of sp³-hybridized carbons (Fsp3) is 0.571. The predicted octanol–water partition coefficient (Wildman–Crippen LogP) is -1.07. The molecule has 0 radical (unpaired) electrons. The number of aliphatic hydroxyl groups excluding tert-OH is 1. The molecule has 1 aliphatic rings. The summed E-state index contributed by atoms with van der Waals surface area (Å²) in [6.07, 6.45) is 2.34. The third-order valence-electron chi connectivity index (χ3n) is 3.62. The summed E-state index contributed by atoms with van der Waals surface area (Å²) in [5.74, 6) is -1.04. The van der Waals surface area contributed by atoms with Gasteiger partial charge in [0.1, 0.15) is 0 Å². The molecule has 1 atom stereocenters. The molecule has 1 unspecified atom stereocenters. The third-order valence-corrected chi connectivity index (χ3v) is 3.62. The summed E-state index contributed by atoms with van der Waals surface area (Å²) in [4.78, 5) is 33.9. The monoisotopic (exact) mass is 323 g/mol. The molecule has 2 rings (SSSR count). The maximum absolute atomic E-state index is 12.0. The summed E-state index contributed by atoms with van der Waals surface area (Å²) in [7, 11) is 0. The molecule has 1 saturated heterocycles. The van der Waals surface area contributed by atoms with E-state index in [0.717, 1.165) is 5.56 Å². The minimum atomic E-state index is -1.00. The van der Waals surface area contributed by atoms with Crippen molar-refractivity contribution in [3.63, 3.8) is 0 Å². The first kappa shape index (κ1) is 17.1. The van der Waals surface area contributed by atoms with E-state index in [0.29, 0.717) is 26.2 Å². The van der Waals surface area contributed by atoms with Crippen LogP contribution in [0, 0.1) is 0 Å². The molecule has 1 aromatic rings. The van der Waals surface area contributed by atoms with Crippen LogP contribution in [0.3, 0.4) is 0 Å². The Hall–Kier alpha value is -2.26. The molecule has 0 saturated carbocycles. The van der Waals surface area contributed by atoms with Gasteiger partial charge in [-0.15, -0.1) is 0 Å². The van der Waals surface area contributed by atoms with Gasteiger partial charge in [-0.2, -0.15) is 0 Å². The molecule has 23 heavy (non-hydrogen) atoms. The molecule has 0 bridgehead atoms. The Morgan fingerprint density at radius 1 is 1.22 bits per heavy atom. The number of nitrogens with two attached hydrogens (primary N) is 1. The van der Waals surface area contributed by atoms with Crippen molar-refractivity contribution < 1.29 is 19.8 Å². The Labute approximate surface area is 133 Å². The van der Waals surface area contributed by atoms with Crippen molar-refractivity contribution >= 4 is 17.8 Å². The standard InChI is InChI=1S/C14H21N5O4/c15-14-16-5-10(6-17-14)7-18-3-4-19(9-11(20)8-18)12(21)1-2-13(22)23/h5-6,11,20H,1-4,7-9H2,(H,22,23)(H2,15,16,17). The van der Waals surface area contributed by atoms with E-state index in [2.05, 4.69) is 9.97 Å². The van der Waals surface area contributed by atoms with Crippen LogP contribution in [0.25, 0.3) is 0 Å². The molecule has 2 heterocycles. The zero-order chi connectivity index (χ0) is 16.8. The highest BCUT2D eigenvalue weighted by Crippen LogP contribution is 2.10. The van der Waals surface area contributed by atoms with Gasteiger partial charge in [0.15, 0.2) is 0 Å². The van der Waals surface area contributed by atoms with Crippen LogP contribution in [0.5, 0.6) is 0 Å². The summed E-state index contributed by atoms with van der Waals surface area (Å²) in [6.45, 7) is 2.22. The van der Waals surface area contributed by atoms with Crippen LogP contribution in [0.15, 0.2) is 12.4 Å². The van der Waals surface area contributed by atoms with Crippen molar-refractivity contribution in [1.29, 1.82) is 0 Å². The minimum Gasteiger partial charge on any atom is -0.481 e. The van der Waals surface area contributed by atoms with Crippen LogP contribution >= 0.6 is 0 Å². The van der Waals surface area contributed by atoms with E-state index in [4.69, 9.17) is 10.8 Å². The number of carboxylic acid groups (broad SMARTS) is 1. The molecular weight excluding hydrogens is 302 g/mol. The van der Waals surface area contributed by atoms with Crippen molar-refractivity contribution in [2.45, 2.75) is 25.5 Å². The van der Waals surface area contributed by atoms with Crippen LogP contribution in [0.2, 0.25) is 0 Å². The molecule has 1 aliphatic heterocycles. The number of aromatic nitrogens is 2. The predicted molar refractivity (Wildman–Crippen MR) is 81.2 cm³/mol. The van der Waals surface area contributed by atoms with Gasteiger partial charge < -0.3 is 20.8 Å². The quantitative estimate of drug-likeness (QED) is 0.624. The molecule has 126 valence electrons. The number of hydrogen-bond donors (Lipinski definition) is 3. The van der Waals surface area contributed by atoms with E-state index in [9.17, 15) is 14.7 Å². The van der Waals surface area contributed by atoms with Crippen LogP contribution in [-0.2, 0) is 16.1 Å². The Balaban J connectivity index is 1.90. The van der Waals surface area contributed by atoms with Gasteiger partial charge in [-0.05, 0) is 0 Å². The molecule has 9 nitrogen and oxygen atoms in total. The second kappa shape index (κ2) is 7.84. The highest BCUT2D eigenvalue weighted by Gasteiger charge is 2.24. The summed E-state index contributed by atoms with van der Waals surface area (Å²) in [5.41, 5.74) is 6.32. The number of nitrogens with zero attached hydrogens (tertiary/aromatic N) is 4. The molecule has 0 aliphatic carbocycles. The molecule has 9 heteroatoms. The SMILES string of the molecule is Nc1ncc(CN2CCN(C(=O)CCC(=O)O)CC(O)C2)cn1. The lowest BCUT2D eigenvalue weighted by molar-refractivity contribution is -0.141. The molecule has 1 amide bonds. The lowest BCUT2D eigenvalue weighted by atomic mass is 10.2. The Kier molecular flexibility index (Phi) is 5.83. The first-order valence-corrected chi connectivity index (χ1v) is 7.40. The number of anilines is 1. The lowest BCUT2D eigenvalue weighted by Crippen LogP contribution is -2.37. The van der Waals surface area contributed by atoms with Crippen molar-refractivity contribution in [2.75, 3.05) is 31.9 Å². The Bertz CT molecular complexity index is 551. The summed E-state index contributed by atoms with van der Waals surface area (Å²) >= 11 is 0. The molecule has 0 spiro atoms. The van der Waals surface area contributed by atoms with Gasteiger partial charge in [0, 0.05) is 57.1 Å². The number of carbonyl (C=O) groups is 2. The van der Waals surface area contributed by atoms with E-state index in [1.54, 1.807) is 12.4 Å². The van der Waals surface area contributed by atoms with Gasteiger partial charge >= 0.3 is 5.97 Å². The summed E-state index contributed by atoms with van der Waals surface area (Å²) in [6, 6.07) is 0. The minimum absolute atomic E-state index is 0.0478. The van der Waals surface area contributed by atoms with Gasteiger partial charge in [-0.25, -0.2) is 9.97 Å². The number of aliphatic carboxylic acids is 1. The number of hydrogen-bond acceptors (Lipinski definition) is 7. The van der Waals surface area contributed by atoms with Crippen molar-refractivity contribution in [3.8, 4) is 0 Å². The highest BCUT2D eigenvalue weighted by molar-refractivity contribution is 5.80. The third kappa shape index (κ3) is 5.46. The number of amides is 1. The van der Waals surface area contributed by atoms with Crippen molar-refractivity contribution in [1.82, 2.24) is 19.8 Å². The van der Waals surface area contributed by atoms with E-state index in [-0.39, 0.29) is 31.2 Å². The number of nitrogen functional groups attached to an aromatic ring is 1. The molecular formula is C14H21N5O4. The normalized spacial score (nSPS) is 19.3. The van der Waals surface area contributed by atoms with Gasteiger partial charge in [-0.1, -0.05) is 0 Å². The fourth-order valence-electron chi connectivity index (χ4n) is 2.50. The molecule has 0 aromatic carbocycles. The average Bonchev–Trinajstić information content (AvgIpc) is 2.68. The number of rotatable bonds is 5. The summed E-state index contributed by atoms with van der Waals surface area (Å²) < 4.78 is 0. The molecule has 1 fully saturated rings. The number of aliphatic hydroxyl groups is 1. The van der Waals surface area contributed by atoms with E-state index >= 15 is 0 Å². The second-order valence-electron chi connectivity index (χ2n) is 5.57. The first-order valence-electron chi connectivity index (χ1n) is 7.40. The lowest BCUT2D eigenvalue weighted by Gasteiger charge is -2.21. The number of carboxylic acids is 1. The largest absolute Gasteiger partial charge is 0.481 e. The van der Waals surface area contributed by atoms with Crippen LogP contribution in [0.1, 0.15) is 18.4 Å². The van der Waals surface area contributed by atoms with E-state index in [1.807, 2.05) is 4.90 Å². The van der Waals surface area contributed by atoms with Gasteiger partial charge in [0.25, 0.3) is 0 Å². The topological polar surface area (TPSA) is 133 Å². The Morgan fingerprint density at radius 3 is 2.57 bits per heavy atom. The maximum Gasteiger partial charge on any atom is 0.303 e. The van der Waals surface area contributed by atoms with Crippen LogP contribution in [-0.4, -0.2) is 74.1 Å². The molecule has 4 N–H and O–H groups in total. The fourth-order valence-corrected chi connectivity index (χ4v) is 2.50. The van der Waals surface area contributed by atoms with Crippen molar-refractivity contribution in [3.05, 3.63) is 18.0 Å². The van der Waals surface area contributed by atoms with Gasteiger partial charge in [0.05, 0.1) is 12.5 Å². The number of β-amino-alcohol motifs (C(OH)–C–C–N with tert-alkyl or cyclic N) is 1. The zero-order valence-electron chi connectivity index (χ0n) is 12.8. The zero-order valence-corrected chi connectivity index (χ0v) is 12.8. The van der Waals surface area contributed by atoms with Crippen molar-refractivity contribution in [2.24, 2.45) is 0 Å². The van der Waals surface area contributed by atoms with E-state index in [1.165, 1.54) is 4.90 Å². The van der Waals surface area contributed by atoms with Crippen LogP contribution in [0.4, 0.5) is 5.95 Å². The van der Waals surface area contributed by atoms with Gasteiger partial charge in [-0.3, -0.25) is 14.5 Å². The highest BCUT2D eigenvalue weighted by atomic mass is 16.4. The summed E-state index contributed by atoms with van der Waals surface area (Å²) in [5, 5.41) is 18.7. The Morgan fingerprint density at radius 2 is 1.91 bits per heavy atom.